The number of alkyl halides is 3. The van der Waals surface area contributed by atoms with Gasteiger partial charge in [-0.1, -0.05) is 0 Å². The molecule has 0 saturated carbocycles. The van der Waals surface area contributed by atoms with Gasteiger partial charge in [-0.25, -0.2) is 4.79 Å². The van der Waals surface area contributed by atoms with Gasteiger partial charge in [0.15, 0.2) is 18.8 Å². The average Bonchev–Trinajstić information content (AvgIpc) is 2.74. The van der Waals surface area contributed by atoms with E-state index in [2.05, 4.69) is 5.92 Å². The Morgan fingerprint density at radius 1 is 0.850 bits per heavy atom. The zero-order chi connectivity index (χ0) is 31.4. The number of carboxylic acid groups (broad SMARTS) is 1. The van der Waals surface area contributed by atoms with Crippen LogP contribution >= 0.6 is 0 Å². The molecule has 0 spiro atoms. The maximum absolute atomic E-state index is 12.7. The number of quaternary nitrogens is 1. The second kappa shape index (κ2) is 15.6. The molecule has 0 bridgehead atoms. The summed E-state index contributed by atoms with van der Waals surface area (Å²) in [5.74, 6) is -4.33. The molecule has 1 aliphatic rings. The average molecular weight is 585 g/mol. The van der Waals surface area contributed by atoms with Crippen LogP contribution in [0, 0.1) is 12.3 Å². The molecule has 0 amide bonds. The minimum Gasteiger partial charge on any atom is -0.542 e. The SMILES string of the molecule is C#CC[N+](C)(C)CC(=O)O[C@@H]1[C@@H](OC(C)=O)[C@H](OC(C)=O)O[C@H](COC(C)=O)[C@H]1OC(C)=O.O=C([O-])C(F)(F)F. The van der Waals surface area contributed by atoms with Crippen molar-refractivity contribution < 1.29 is 79.9 Å². The number of carbonyl (C=O) groups excluding carboxylic acids is 6. The van der Waals surface area contributed by atoms with Crippen molar-refractivity contribution in [2.45, 2.75) is 64.6 Å². The lowest BCUT2D eigenvalue weighted by Crippen LogP contribution is -2.63. The number of carbonyl (C=O) groups is 6. The van der Waals surface area contributed by atoms with E-state index in [4.69, 9.17) is 44.7 Å². The number of esters is 5. The third-order valence-corrected chi connectivity index (χ3v) is 4.50. The molecule has 0 unspecified atom stereocenters. The first-order chi connectivity index (χ1) is 18.2. The van der Waals surface area contributed by atoms with E-state index in [1.54, 1.807) is 14.1 Å². The van der Waals surface area contributed by atoms with Crippen molar-refractivity contribution in [1.82, 2.24) is 0 Å². The zero-order valence-corrected chi connectivity index (χ0v) is 22.5. The molecular formula is C23H30F3NO13. The highest BCUT2D eigenvalue weighted by Gasteiger charge is 2.54. The molecule has 1 heterocycles. The predicted octanol–water partition coefficient (Wildman–Crippen LogP) is -1.38. The molecule has 0 aromatic rings. The van der Waals surface area contributed by atoms with Crippen LogP contribution in [0.4, 0.5) is 13.2 Å². The number of hydrogen-bond donors (Lipinski definition) is 0. The first kappa shape index (κ1) is 36.1. The van der Waals surface area contributed by atoms with Gasteiger partial charge in [0.25, 0.3) is 0 Å². The highest BCUT2D eigenvalue weighted by molar-refractivity contribution is 5.72. The van der Waals surface area contributed by atoms with Crippen molar-refractivity contribution in [2.24, 2.45) is 0 Å². The molecule has 226 valence electrons. The van der Waals surface area contributed by atoms with Gasteiger partial charge in [-0.05, 0) is 5.92 Å². The van der Waals surface area contributed by atoms with Crippen LogP contribution in [0.25, 0.3) is 0 Å². The molecule has 1 aliphatic heterocycles. The van der Waals surface area contributed by atoms with Crippen LogP contribution in [0.3, 0.4) is 0 Å². The summed E-state index contributed by atoms with van der Waals surface area (Å²) in [7, 11) is 3.40. The van der Waals surface area contributed by atoms with Crippen molar-refractivity contribution >= 4 is 35.8 Å². The number of carboxylic acids is 1. The molecule has 0 aromatic heterocycles. The molecule has 17 heteroatoms. The van der Waals surface area contributed by atoms with E-state index in [1.165, 1.54) is 0 Å². The number of nitrogens with zero attached hydrogens (tertiary/aromatic N) is 1. The van der Waals surface area contributed by atoms with E-state index in [1.807, 2.05) is 0 Å². The van der Waals surface area contributed by atoms with Gasteiger partial charge >= 0.3 is 36.0 Å². The van der Waals surface area contributed by atoms with E-state index in [0.29, 0.717) is 0 Å². The Labute approximate surface area is 227 Å². The van der Waals surface area contributed by atoms with Crippen molar-refractivity contribution in [3.05, 3.63) is 0 Å². The number of halogens is 3. The highest BCUT2D eigenvalue weighted by atomic mass is 19.4. The van der Waals surface area contributed by atoms with Gasteiger partial charge in [0.2, 0.25) is 12.4 Å². The Morgan fingerprint density at radius 2 is 1.32 bits per heavy atom. The van der Waals surface area contributed by atoms with E-state index >= 15 is 0 Å². The molecule has 0 aliphatic carbocycles. The van der Waals surface area contributed by atoms with Crippen molar-refractivity contribution in [3.8, 4) is 12.3 Å². The topological polar surface area (TPSA) is 181 Å². The normalized spacial score (nSPS) is 22.2. The first-order valence-electron chi connectivity index (χ1n) is 11.2. The molecule has 1 fully saturated rings. The third-order valence-electron chi connectivity index (χ3n) is 4.50. The lowest BCUT2D eigenvalue weighted by molar-refractivity contribution is -0.875. The molecule has 5 atom stereocenters. The molecule has 14 nitrogen and oxygen atoms in total. The third kappa shape index (κ3) is 13.8. The van der Waals surface area contributed by atoms with E-state index in [-0.39, 0.29) is 17.6 Å². The summed E-state index contributed by atoms with van der Waals surface area (Å²) in [5, 5.41) is 8.78. The second-order valence-corrected chi connectivity index (χ2v) is 8.80. The number of ether oxygens (including phenoxy) is 6. The summed E-state index contributed by atoms with van der Waals surface area (Å²) >= 11 is 0. The Kier molecular flexibility index (Phi) is 14.1. The van der Waals surface area contributed by atoms with Gasteiger partial charge in [0, 0.05) is 27.7 Å². The van der Waals surface area contributed by atoms with Crippen LogP contribution in [0.5, 0.6) is 0 Å². The zero-order valence-electron chi connectivity index (χ0n) is 22.5. The Hall–Kier alpha value is -3.91. The summed E-state index contributed by atoms with van der Waals surface area (Å²) in [4.78, 5) is 68.0. The molecule has 0 aromatic carbocycles. The van der Waals surface area contributed by atoms with E-state index in [9.17, 15) is 37.1 Å². The van der Waals surface area contributed by atoms with Crippen LogP contribution in [-0.2, 0) is 57.2 Å². The van der Waals surface area contributed by atoms with E-state index in [0.717, 1.165) is 27.7 Å². The number of likely N-dealkylation sites (N-methyl/N-ethyl adjacent to an activating group) is 1. The Morgan fingerprint density at radius 3 is 1.73 bits per heavy atom. The predicted molar refractivity (Wildman–Crippen MR) is 120 cm³/mol. The fourth-order valence-corrected chi connectivity index (χ4v) is 3.10. The quantitative estimate of drug-likeness (QED) is 0.134. The van der Waals surface area contributed by atoms with Crippen LogP contribution in [0.2, 0.25) is 0 Å². The molecule has 1 saturated heterocycles. The molecule has 0 radical (unpaired) electrons. The van der Waals surface area contributed by atoms with Gasteiger partial charge in [-0.15, -0.1) is 6.42 Å². The number of hydrogen-bond acceptors (Lipinski definition) is 13. The molecule has 1 rings (SSSR count). The minimum absolute atomic E-state index is 0.0826. The fraction of sp³-hybridized carbons (Fsp3) is 0.652. The van der Waals surface area contributed by atoms with Gasteiger partial charge in [-0.2, -0.15) is 13.2 Å². The van der Waals surface area contributed by atoms with Gasteiger partial charge in [0.05, 0.1) is 14.1 Å². The molecule has 40 heavy (non-hydrogen) atoms. The fourth-order valence-electron chi connectivity index (χ4n) is 3.10. The summed E-state index contributed by atoms with van der Waals surface area (Å²) < 4.78 is 63.4. The van der Waals surface area contributed by atoms with Gasteiger partial charge < -0.3 is 42.8 Å². The van der Waals surface area contributed by atoms with Crippen LogP contribution < -0.4 is 5.11 Å². The largest absolute Gasteiger partial charge is 0.542 e. The van der Waals surface area contributed by atoms with Crippen molar-refractivity contribution in [3.63, 3.8) is 0 Å². The van der Waals surface area contributed by atoms with Crippen LogP contribution in [-0.4, -0.2) is 111 Å². The lowest BCUT2D eigenvalue weighted by atomic mass is 9.98. The second-order valence-electron chi connectivity index (χ2n) is 8.80. The number of aliphatic carboxylic acids is 1. The Balaban J connectivity index is 0.00000191. The highest BCUT2D eigenvalue weighted by Crippen LogP contribution is 2.30. The molecule has 0 N–H and O–H groups in total. The minimum atomic E-state index is -5.19. The standard InChI is InChI=1S/C21H30NO11.C2HF3O2/c1-8-9-22(6,7)10-17(27)33-19-18(29-13(3)24)16(11-28-12(2)23)32-21(31-15(5)26)20(19)30-14(4)25;3-2(4,5)1(6)7/h1,16,18-21H,9-11H2,2-7H3;(H,6,7)/q+1;/p-1/t16-,18-,19+,20-,21-;/m1./s1. The smallest absolute Gasteiger partial charge is 0.430 e. The lowest BCUT2D eigenvalue weighted by Gasteiger charge is -2.43. The van der Waals surface area contributed by atoms with Crippen molar-refractivity contribution in [1.29, 1.82) is 0 Å². The maximum atomic E-state index is 12.7. The van der Waals surface area contributed by atoms with E-state index < -0.39 is 79.3 Å². The summed E-state index contributed by atoms with van der Waals surface area (Å²) in [6.45, 7) is 4.05. The van der Waals surface area contributed by atoms with Crippen molar-refractivity contribution in [2.75, 3.05) is 33.8 Å². The number of rotatable bonds is 9. The number of terminal acetylenes is 1. The maximum Gasteiger partial charge on any atom is 0.430 e. The van der Waals surface area contributed by atoms with Crippen LogP contribution in [0.15, 0.2) is 0 Å². The van der Waals surface area contributed by atoms with Crippen LogP contribution in [0.1, 0.15) is 27.7 Å². The summed E-state index contributed by atoms with van der Waals surface area (Å²) in [5.41, 5.74) is 0. The Bertz CT molecular complexity index is 989. The molecular weight excluding hydrogens is 555 g/mol. The van der Waals surface area contributed by atoms with Gasteiger partial charge in [0.1, 0.15) is 25.2 Å². The van der Waals surface area contributed by atoms with Gasteiger partial charge in [-0.3, -0.25) is 19.2 Å². The first-order valence-corrected chi connectivity index (χ1v) is 11.2. The summed E-state index contributed by atoms with van der Waals surface area (Å²) in [6.07, 6.45) is -6.89. The summed E-state index contributed by atoms with van der Waals surface area (Å²) in [6, 6.07) is 0. The monoisotopic (exact) mass is 585 g/mol.